The van der Waals surface area contributed by atoms with Gasteiger partial charge in [-0.05, 0) is 68.3 Å². The van der Waals surface area contributed by atoms with Crippen molar-refractivity contribution in [3.05, 3.63) is 77.7 Å². The van der Waals surface area contributed by atoms with E-state index in [2.05, 4.69) is 25.9 Å². The second-order valence-electron chi connectivity index (χ2n) is 8.36. The average Bonchev–Trinajstić information content (AvgIpc) is 2.82. The van der Waals surface area contributed by atoms with Crippen LogP contribution in [0, 0.1) is 6.92 Å². The summed E-state index contributed by atoms with van der Waals surface area (Å²) in [6, 6.07) is 17.9. The quantitative estimate of drug-likeness (QED) is 0.445. The largest absolute Gasteiger partial charge is 0.385 e. The lowest BCUT2D eigenvalue weighted by atomic mass is 9.95. The Kier molecular flexibility index (Phi) is 7.33. The van der Waals surface area contributed by atoms with Crippen molar-refractivity contribution in [3.8, 4) is 0 Å². The first-order valence-corrected chi connectivity index (χ1v) is 11.5. The molecular formula is C26H31N5O. The maximum Gasteiger partial charge on any atom is 0.259 e. The van der Waals surface area contributed by atoms with E-state index >= 15 is 0 Å². The molecule has 3 aromatic rings. The zero-order chi connectivity index (χ0) is 22.2. The summed E-state index contributed by atoms with van der Waals surface area (Å²) >= 11 is 0. The molecule has 0 unspecified atom stereocenters. The molecule has 166 valence electrons. The first kappa shape index (κ1) is 21.8. The SMILES string of the molecule is Cc1ccc(C(=O)Nc2ccc(NCCc3ccccn3)cc2)c(NC2CCCCC2)n1. The molecule has 6 nitrogen and oxygen atoms in total. The van der Waals surface area contributed by atoms with Crippen LogP contribution in [-0.2, 0) is 6.42 Å². The second kappa shape index (κ2) is 10.8. The maximum atomic E-state index is 13.0. The van der Waals surface area contributed by atoms with E-state index < -0.39 is 0 Å². The molecule has 1 fully saturated rings. The van der Waals surface area contributed by atoms with E-state index in [1.165, 1.54) is 19.3 Å². The number of hydrogen-bond donors (Lipinski definition) is 3. The Balaban J connectivity index is 1.35. The molecule has 0 atom stereocenters. The van der Waals surface area contributed by atoms with Crippen LogP contribution < -0.4 is 16.0 Å². The molecule has 3 N–H and O–H groups in total. The van der Waals surface area contributed by atoms with Crippen molar-refractivity contribution in [2.45, 2.75) is 51.5 Å². The smallest absolute Gasteiger partial charge is 0.259 e. The Bertz CT molecular complexity index is 1010. The standard InChI is InChI=1S/C26H31N5O/c1-19-10-15-24(25(29-19)30-22-8-3-2-4-9-22)26(32)31-23-13-11-21(12-14-23)28-18-16-20-7-5-6-17-27-20/h5-7,10-15,17,22,28H,2-4,8-9,16,18H2,1H3,(H,29,30)(H,31,32). The molecule has 0 spiro atoms. The number of nitrogens with one attached hydrogen (secondary N) is 3. The fourth-order valence-corrected chi connectivity index (χ4v) is 4.04. The van der Waals surface area contributed by atoms with Crippen LogP contribution in [0.1, 0.15) is 53.8 Å². The van der Waals surface area contributed by atoms with E-state index in [1.807, 2.05) is 67.7 Å². The molecule has 0 saturated heterocycles. The summed E-state index contributed by atoms with van der Waals surface area (Å²) in [4.78, 5) is 21.9. The minimum absolute atomic E-state index is 0.147. The molecule has 1 aliphatic carbocycles. The summed E-state index contributed by atoms with van der Waals surface area (Å²) in [7, 11) is 0. The Hall–Kier alpha value is -3.41. The van der Waals surface area contributed by atoms with Gasteiger partial charge in [0.2, 0.25) is 0 Å². The molecular weight excluding hydrogens is 398 g/mol. The van der Waals surface area contributed by atoms with Gasteiger partial charge in [0.15, 0.2) is 0 Å². The summed E-state index contributed by atoms with van der Waals surface area (Å²) in [6.45, 7) is 2.75. The molecule has 4 rings (SSSR count). The zero-order valence-electron chi connectivity index (χ0n) is 18.6. The maximum absolute atomic E-state index is 13.0. The van der Waals surface area contributed by atoms with Gasteiger partial charge < -0.3 is 16.0 Å². The molecule has 2 heterocycles. The Morgan fingerprint density at radius 1 is 0.969 bits per heavy atom. The van der Waals surface area contributed by atoms with Crippen molar-refractivity contribution >= 4 is 23.1 Å². The van der Waals surface area contributed by atoms with Crippen molar-refractivity contribution in [2.75, 3.05) is 22.5 Å². The van der Waals surface area contributed by atoms with Crippen LogP contribution in [0.5, 0.6) is 0 Å². The Morgan fingerprint density at radius 3 is 2.50 bits per heavy atom. The number of hydrogen-bond acceptors (Lipinski definition) is 5. The monoisotopic (exact) mass is 429 g/mol. The zero-order valence-corrected chi connectivity index (χ0v) is 18.6. The number of carbonyl (C=O) groups is 1. The van der Waals surface area contributed by atoms with Crippen LogP contribution in [0.25, 0.3) is 0 Å². The summed E-state index contributed by atoms with van der Waals surface area (Å²) in [5.74, 6) is 0.536. The number of rotatable bonds is 8. The third-order valence-corrected chi connectivity index (χ3v) is 5.80. The number of benzene rings is 1. The minimum atomic E-state index is -0.147. The van der Waals surface area contributed by atoms with Gasteiger partial charge in [-0.1, -0.05) is 25.3 Å². The summed E-state index contributed by atoms with van der Waals surface area (Å²) in [6.07, 6.45) is 8.68. The van der Waals surface area contributed by atoms with Gasteiger partial charge in [0.25, 0.3) is 5.91 Å². The number of anilines is 3. The van der Waals surface area contributed by atoms with Gasteiger partial charge in [0.1, 0.15) is 5.82 Å². The van der Waals surface area contributed by atoms with Crippen LogP contribution in [-0.4, -0.2) is 28.5 Å². The van der Waals surface area contributed by atoms with Gasteiger partial charge in [-0.2, -0.15) is 0 Å². The number of aromatic nitrogens is 2. The fraction of sp³-hybridized carbons (Fsp3) is 0.346. The van der Waals surface area contributed by atoms with Gasteiger partial charge in [-0.25, -0.2) is 4.98 Å². The van der Waals surface area contributed by atoms with E-state index in [0.29, 0.717) is 17.4 Å². The van der Waals surface area contributed by atoms with Gasteiger partial charge in [-0.15, -0.1) is 0 Å². The molecule has 1 aliphatic rings. The summed E-state index contributed by atoms with van der Waals surface area (Å²) < 4.78 is 0. The first-order chi connectivity index (χ1) is 15.7. The number of carbonyl (C=O) groups excluding carboxylic acids is 1. The third kappa shape index (κ3) is 6.06. The molecule has 6 heteroatoms. The van der Waals surface area contributed by atoms with Gasteiger partial charge in [0.05, 0.1) is 5.56 Å². The Morgan fingerprint density at radius 2 is 1.75 bits per heavy atom. The van der Waals surface area contributed by atoms with Crippen LogP contribution in [0.15, 0.2) is 60.8 Å². The molecule has 2 aromatic heterocycles. The summed E-state index contributed by atoms with van der Waals surface area (Å²) in [5.41, 5.74) is 4.32. The van der Waals surface area contributed by atoms with Gasteiger partial charge in [-0.3, -0.25) is 9.78 Å². The van der Waals surface area contributed by atoms with E-state index in [1.54, 1.807) is 0 Å². The van der Waals surface area contributed by atoms with Crippen LogP contribution >= 0.6 is 0 Å². The predicted molar refractivity (Wildman–Crippen MR) is 130 cm³/mol. The minimum Gasteiger partial charge on any atom is -0.385 e. The highest BCUT2D eigenvalue weighted by Gasteiger charge is 2.18. The lowest BCUT2D eigenvalue weighted by Gasteiger charge is -2.24. The highest BCUT2D eigenvalue weighted by molar-refractivity contribution is 6.07. The molecule has 0 radical (unpaired) electrons. The van der Waals surface area contributed by atoms with Crippen molar-refractivity contribution < 1.29 is 4.79 Å². The van der Waals surface area contributed by atoms with E-state index in [-0.39, 0.29) is 5.91 Å². The highest BCUT2D eigenvalue weighted by Crippen LogP contribution is 2.24. The lowest BCUT2D eigenvalue weighted by molar-refractivity contribution is 0.102. The van der Waals surface area contributed by atoms with Crippen LogP contribution in [0.3, 0.4) is 0 Å². The topological polar surface area (TPSA) is 78.9 Å². The molecule has 1 amide bonds. The number of pyridine rings is 2. The van der Waals surface area contributed by atoms with Gasteiger partial charge in [0, 0.05) is 48.0 Å². The van der Waals surface area contributed by atoms with Crippen LogP contribution in [0.2, 0.25) is 0 Å². The number of aryl methyl sites for hydroxylation is 1. The highest BCUT2D eigenvalue weighted by atomic mass is 16.1. The summed E-state index contributed by atoms with van der Waals surface area (Å²) in [5, 5.41) is 9.92. The molecule has 32 heavy (non-hydrogen) atoms. The molecule has 1 saturated carbocycles. The lowest BCUT2D eigenvalue weighted by Crippen LogP contribution is -2.25. The Labute approximate surface area is 189 Å². The van der Waals surface area contributed by atoms with Crippen molar-refractivity contribution in [3.63, 3.8) is 0 Å². The second-order valence-corrected chi connectivity index (χ2v) is 8.36. The van der Waals surface area contributed by atoms with E-state index in [9.17, 15) is 4.79 Å². The molecule has 0 aliphatic heterocycles. The van der Waals surface area contributed by atoms with Crippen molar-refractivity contribution in [1.82, 2.24) is 9.97 Å². The van der Waals surface area contributed by atoms with E-state index in [4.69, 9.17) is 0 Å². The van der Waals surface area contributed by atoms with Crippen molar-refractivity contribution in [2.24, 2.45) is 0 Å². The predicted octanol–water partition coefficient (Wildman–Crippen LogP) is 5.44. The fourth-order valence-electron chi connectivity index (χ4n) is 4.04. The van der Waals surface area contributed by atoms with Crippen molar-refractivity contribution in [1.29, 1.82) is 0 Å². The molecule has 0 bridgehead atoms. The number of amides is 1. The normalized spacial score (nSPS) is 14.0. The molecule has 1 aromatic carbocycles. The van der Waals surface area contributed by atoms with Crippen LogP contribution in [0.4, 0.5) is 17.2 Å². The van der Waals surface area contributed by atoms with E-state index in [0.717, 1.165) is 48.6 Å². The average molecular weight is 430 g/mol. The first-order valence-electron chi connectivity index (χ1n) is 11.5. The number of nitrogens with zero attached hydrogens (tertiary/aromatic N) is 2. The van der Waals surface area contributed by atoms with Gasteiger partial charge >= 0.3 is 0 Å². The third-order valence-electron chi connectivity index (χ3n) is 5.80.